The van der Waals surface area contributed by atoms with Crippen molar-refractivity contribution in [3.05, 3.63) is 0 Å². The Labute approximate surface area is 88.5 Å². The van der Waals surface area contributed by atoms with Gasteiger partial charge in [-0.1, -0.05) is 19.8 Å². The molecule has 0 spiro atoms. The van der Waals surface area contributed by atoms with Crippen LogP contribution in [0.2, 0.25) is 0 Å². The predicted octanol–water partition coefficient (Wildman–Crippen LogP) is -0.0771. The van der Waals surface area contributed by atoms with Gasteiger partial charge >= 0.3 is 0 Å². The van der Waals surface area contributed by atoms with Crippen molar-refractivity contribution in [2.45, 2.75) is 32.4 Å². The van der Waals surface area contributed by atoms with Gasteiger partial charge in [0.15, 0.2) is 0 Å². The third kappa shape index (κ3) is 3.94. The lowest BCUT2D eigenvalue weighted by Crippen LogP contribution is -2.30. The molecule has 1 aromatic rings. The number of unbranched alkanes of at least 4 members (excludes halogenated alkanes) is 1. The number of nitrogens with zero attached hydrogens (tertiary/aromatic N) is 3. The van der Waals surface area contributed by atoms with E-state index >= 15 is 0 Å². The normalized spacial score (nSPS) is 12.4. The highest BCUT2D eigenvalue weighted by Crippen LogP contribution is 2.06. The zero-order chi connectivity index (χ0) is 11.3. The Kier molecular flexibility index (Phi) is 4.04. The van der Waals surface area contributed by atoms with Crippen molar-refractivity contribution in [3.63, 3.8) is 0 Å². The fraction of sp³-hybridized carbons (Fsp3) is 0.625. The average molecular weight is 211 g/mol. The zero-order valence-corrected chi connectivity index (χ0v) is 8.77. The molecular formula is C8H17N7. The first-order valence-electron chi connectivity index (χ1n) is 4.91. The lowest BCUT2D eigenvalue weighted by molar-refractivity contribution is 0.621. The molecule has 0 aliphatic heterocycles. The number of nitrogens with two attached hydrogens (primary N) is 3. The quantitative estimate of drug-likeness (QED) is 0.501. The molecule has 1 rings (SSSR count). The first-order chi connectivity index (χ1) is 7.11. The number of hydrogen-bond donors (Lipinski definition) is 4. The molecule has 0 saturated carbocycles. The fourth-order valence-electron chi connectivity index (χ4n) is 1.14. The highest BCUT2D eigenvalue weighted by molar-refractivity contribution is 5.37. The van der Waals surface area contributed by atoms with Gasteiger partial charge in [-0.25, -0.2) is 0 Å². The minimum atomic E-state index is -0.189. The van der Waals surface area contributed by atoms with E-state index in [-0.39, 0.29) is 18.1 Å². The standard InChI is InChI=1S/C8H17N7/c1-2-3-4-5(9)12-8-14-6(10)13-7(11)15-8/h5H,2-4,9H2,1H3,(H5,10,11,12,13,14,15). The van der Waals surface area contributed by atoms with Gasteiger partial charge in [-0.2, -0.15) is 15.0 Å². The second-order valence-corrected chi connectivity index (χ2v) is 3.27. The summed E-state index contributed by atoms with van der Waals surface area (Å²) in [4.78, 5) is 11.4. The van der Waals surface area contributed by atoms with Crippen LogP contribution < -0.4 is 22.5 Å². The number of anilines is 3. The van der Waals surface area contributed by atoms with Gasteiger partial charge in [0.25, 0.3) is 0 Å². The SMILES string of the molecule is CCCCC(N)Nc1nc(N)nc(N)n1. The summed E-state index contributed by atoms with van der Waals surface area (Å²) in [7, 11) is 0. The molecule has 1 unspecified atom stereocenters. The molecule has 0 bridgehead atoms. The first-order valence-corrected chi connectivity index (χ1v) is 4.91. The van der Waals surface area contributed by atoms with Gasteiger partial charge in [-0.05, 0) is 6.42 Å². The van der Waals surface area contributed by atoms with E-state index in [9.17, 15) is 0 Å². The van der Waals surface area contributed by atoms with Gasteiger partial charge in [0, 0.05) is 0 Å². The summed E-state index contributed by atoms with van der Waals surface area (Å²) in [6.45, 7) is 2.10. The van der Waals surface area contributed by atoms with E-state index in [0.29, 0.717) is 5.95 Å². The minimum Gasteiger partial charge on any atom is -0.368 e. The molecule has 15 heavy (non-hydrogen) atoms. The van der Waals surface area contributed by atoms with Crippen LogP contribution in [-0.2, 0) is 0 Å². The van der Waals surface area contributed by atoms with Crippen molar-refractivity contribution in [3.8, 4) is 0 Å². The van der Waals surface area contributed by atoms with E-state index in [0.717, 1.165) is 19.3 Å². The summed E-state index contributed by atoms with van der Waals surface area (Å²) < 4.78 is 0. The van der Waals surface area contributed by atoms with E-state index in [1.807, 2.05) is 0 Å². The largest absolute Gasteiger partial charge is 0.368 e. The van der Waals surface area contributed by atoms with Crippen LogP contribution >= 0.6 is 0 Å². The van der Waals surface area contributed by atoms with Gasteiger partial charge in [-0.15, -0.1) is 0 Å². The average Bonchev–Trinajstić information content (AvgIpc) is 2.13. The van der Waals surface area contributed by atoms with Crippen LogP contribution in [0.4, 0.5) is 17.8 Å². The molecule has 0 aliphatic carbocycles. The van der Waals surface area contributed by atoms with Crippen molar-refractivity contribution in [1.82, 2.24) is 15.0 Å². The molecule has 0 amide bonds. The summed E-state index contributed by atoms with van der Waals surface area (Å²) in [5.74, 6) is 0.504. The lowest BCUT2D eigenvalue weighted by atomic mass is 10.2. The van der Waals surface area contributed by atoms with Gasteiger partial charge in [0.2, 0.25) is 17.8 Å². The Morgan fingerprint density at radius 1 is 1.20 bits per heavy atom. The Morgan fingerprint density at radius 3 is 2.33 bits per heavy atom. The maximum atomic E-state index is 5.80. The topological polar surface area (TPSA) is 129 Å². The van der Waals surface area contributed by atoms with Crippen LogP contribution in [-0.4, -0.2) is 21.1 Å². The smallest absolute Gasteiger partial charge is 0.230 e. The molecule has 0 radical (unpaired) electrons. The van der Waals surface area contributed by atoms with Crippen LogP contribution in [0.3, 0.4) is 0 Å². The van der Waals surface area contributed by atoms with Crippen LogP contribution in [0.15, 0.2) is 0 Å². The summed E-state index contributed by atoms with van der Waals surface area (Å²) >= 11 is 0. The second-order valence-electron chi connectivity index (χ2n) is 3.27. The molecule has 1 aromatic heterocycles. The maximum Gasteiger partial charge on any atom is 0.230 e. The molecular weight excluding hydrogens is 194 g/mol. The zero-order valence-electron chi connectivity index (χ0n) is 8.77. The van der Waals surface area contributed by atoms with Crippen molar-refractivity contribution < 1.29 is 0 Å². The summed E-state index contributed by atoms with van der Waals surface area (Å²) in [6.07, 6.45) is 2.80. The third-order valence-electron chi connectivity index (χ3n) is 1.85. The van der Waals surface area contributed by atoms with E-state index in [1.54, 1.807) is 0 Å². The highest BCUT2D eigenvalue weighted by atomic mass is 15.2. The van der Waals surface area contributed by atoms with Crippen molar-refractivity contribution >= 4 is 17.8 Å². The molecule has 7 N–H and O–H groups in total. The van der Waals surface area contributed by atoms with Crippen LogP contribution in [0.25, 0.3) is 0 Å². The molecule has 0 aromatic carbocycles. The maximum absolute atomic E-state index is 5.80. The molecule has 7 nitrogen and oxygen atoms in total. The Balaban J connectivity index is 2.56. The van der Waals surface area contributed by atoms with Crippen LogP contribution in [0, 0.1) is 0 Å². The van der Waals surface area contributed by atoms with Crippen LogP contribution in [0.5, 0.6) is 0 Å². The number of aromatic nitrogens is 3. The van der Waals surface area contributed by atoms with E-state index in [1.165, 1.54) is 0 Å². The van der Waals surface area contributed by atoms with E-state index in [4.69, 9.17) is 17.2 Å². The molecule has 0 saturated heterocycles. The fourth-order valence-corrected chi connectivity index (χ4v) is 1.14. The van der Waals surface area contributed by atoms with Gasteiger partial charge in [0.05, 0.1) is 6.17 Å². The van der Waals surface area contributed by atoms with Gasteiger partial charge in [0.1, 0.15) is 0 Å². The molecule has 0 fully saturated rings. The Hall–Kier alpha value is -1.63. The Morgan fingerprint density at radius 2 is 1.80 bits per heavy atom. The van der Waals surface area contributed by atoms with Gasteiger partial charge in [-0.3, -0.25) is 0 Å². The summed E-state index contributed by atoms with van der Waals surface area (Å²) in [6, 6.07) is 0. The molecule has 0 aliphatic rings. The highest BCUT2D eigenvalue weighted by Gasteiger charge is 2.05. The van der Waals surface area contributed by atoms with E-state index < -0.39 is 0 Å². The predicted molar refractivity (Wildman–Crippen MR) is 59.8 cm³/mol. The van der Waals surface area contributed by atoms with E-state index in [2.05, 4.69) is 27.2 Å². The van der Waals surface area contributed by atoms with Crippen molar-refractivity contribution in [1.29, 1.82) is 0 Å². The first kappa shape index (κ1) is 11.4. The lowest BCUT2D eigenvalue weighted by Gasteiger charge is -2.13. The Bertz CT molecular complexity index is 294. The number of hydrogen-bond acceptors (Lipinski definition) is 7. The van der Waals surface area contributed by atoms with Gasteiger partial charge < -0.3 is 22.5 Å². The molecule has 7 heteroatoms. The number of rotatable bonds is 5. The minimum absolute atomic E-state index is 0.0905. The third-order valence-corrected chi connectivity index (χ3v) is 1.85. The molecule has 1 heterocycles. The summed E-state index contributed by atoms with van der Waals surface area (Å²) in [5.41, 5.74) is 16.6. The molecule has 1 atom stereocenters. The molecule has 84 valence electrons. The number of nitrogens with one attached hydrogen (secondary N) is 1. The van der Waals surface area contributed by atoms with Crippen LogP contribution in [0.1, 0.15) is 26.2 Å². The van der Waals surface area contributed by atoms with Crippen molar-refractivity contribution in [2.75, 3.05) is 16.8 Å². The number of nitrogen functional groups attached to an aromatic ring is 2. The second kappa shape index (κ2) is 5.30. The monoisotopic (exact) mass is 211 g/mol. The summed E-state index contributed by atoms with van der Waals surface area (Å²) in [5, 5.41) is 2.91. The van der Waals surface area contributed by atoms with Crippen molar-refractivity contribution in [2.24, 2.45) is 5.73 Å².